The Kier molecular flexibility index (Phi) is 4.79. The average Bonchev–Trinajstić information content (AvgIpc) is 2.74. The lowest BCUT2D eigenvalue weighted by Crippen LogP contribution is -2.30. The second-order valence-corrected chi connectivity index (χ2v) is 5.95. The van der Waals surface area contributed by atoms with Gasteiger partial charge in [0.15, 0.2) is 0 Å². The number of thiophene rings is 1. The third-order valence-electron chi connectivity index (χ3n) is 3.07. The highest BCUT2D eigenvalue weighted by molar-refractivity contribution is 9.10. The summed E-state index contributed by atoms with van der Waals surface area (Å²) in [5.74, 6) is 6.38. The Bertz CT molecular complexity index is 326. The Hall–Kier alpha value is 0.0600. The number of nitrogens with two attached hydrogens (primary N) is 1. The van der Waals surface area contributed by atoms with Crippen LogP contribution in [0.3, 0.4) is 0 Å². The quantitative estimate of drug-likeness (QED) is 0.664. The lowest BCUT2D eigenvalue weighted by molar-refractivity contribution is 0.0606. The van der Waals surface area contributed by atoms with Gasteiger partial charge in [-0.25, -0.2) is 0 Å². The van der Waals surface area contributed by atoms with E-state index >= 15 is 0 Å². The van der Waals surface area contributed by atoms with Crippen LogP contribution in [0.25, 0.3) is 0 Å². The van der Waals surface area contributed by atoms with E-state index in [1.807, 2.05) is 0 Å². The van der Waals surface area contributed by atoms with E-state index in [9.17, 15) is 0 Å². The molecule has 16 heavy (non-hydrogen) atoms. The molecule has 0 bridgehead atoms. The zero-order valence-electron chi connectivity index (χ0n) is 9.12. The minimum Gasteiger partial charge on any atom is -0.381 e. The van der Waals surface area contributed by atoms with Crippen molar-refractivity contribution in [3.8, 4) is 0 Å². The van der Waals surface area contributed by atoms with Gasteiger partial charge in [-0.15, -0.1) is 11.3 Å². The molecule has 1 fully saturated rings. The Morgan fingerprint density at radius 2 is 2.31 bits per heavy atom. The third-order valence-corrected chi connectivity index (χ3v) is 5.06. The van der Waals surface area contributed by atoms with Gasteiger partial charge in [-0.2, -0.15) is 0 Å². The summed E-state index contributed by atoms with van der Waals surface area (Å²) in [6, 6.07) is 2.34. The molecular weight excluding hydrogens is 288 g/mol. The van der Waals surface area contributed by atoms with Crippen LogP contribution in [0.5, 0.6) is 0 Å². The van der Waals surface area contributed by atoms with Gasteiger partial charge >= 0.3 is 0 Å². The van der Waals surface area contributed by atoms with Crippen molar-refractivity contribution in [1.82, 2.24) is 5.43 Å². The van der Waals surface area contributed by atoms with Gasteiger partial charge in [0, 0.05) is 22.6 Å². The maximum absolute atomic E-state index is 5.65. The lowest BCUT2D eigenvalue weighted by atomic mass is 9.92. The van der Waals surface area contributed by atoms with Crippen molar-refractivity contribution in [1.29, 1.82) is 0 Å². The van der Waals surface area contributed by atoms with Crippen LogP contribution >= 0.6 is 27.3 Å². The van der Waals surface area contributed by atoms with E-state index in [1.165, 1.54) is 4.88 Å². The molecule has 1 aliphatic rings. The molecule has 1 unspecified atom stereocenters. The average molecular weight is 305 g/mol. The zero-order chi connectivity index (χ0) is 11.4. The first kappa shape index (κ1) is 12.5. The molecule has 0 amide bonds. The minimum absolute atomic E-state index is 0.262. The fourth-order valence-electron chi connectivity index (χ4n) is 2.12. The molecule has 5 heteroatoms. The normalized spacial score (nSPS) is 19.9. The van der Waals surface area contributed by atoms with E-state index in [0.29, 0.717) is 0 Å². The summed E-state index contributed by atoms with van der Waals surface area (Å²) in [4.78, 5) is 1.30. The van der Waals surface area contributed by atoms with Crippen molar-refractivity contribution in [2.24, 2.45) is 11.8 Å². The molecule has 1 atom stereocenters. The van der Waals surface area contributed by atoms with E-state index in [-0.39, 0.29) is 6.04 Å². The second kappa shape index (κ2) is 6.12. The summed E-state index contributed by atoms with van der Waals surface area (Å²) < 4.78 is 6.53. The Morgan fingerprint density at radius 1 is 1.56 bits per heavy atom. The lowest BCUT2D eigenvalue weighted by Gasteiger charge is -2.26. The summed E-state index contributed by atoms with van der Waals surface area (Å²) in [5.41, 5.74) is 2.93. The van der Waals surface area contributed by atoms with E-state index < -0.39 is 0 Å². The molecule has 1 saturated heterocycles. The van der Waals surface area contributed by atoms with Crippen molar-refractivity contribution >= 4 is 27.3 Å². The van der Waals surface area contributed by atoms with Crippen molar-refractivity contribution in [3.63, 3.8) is 0 Å². The highest BCUT2D eigenvalue weighted by Gasteiger charge is 2.21. The summed E-state index contributed by atoms with van der Waals surface area (Å²) in [5, 5.41) is 2.09. The number of nitrogens with one attached hydrogen (secondary N) is 1. The van der Waals surface area contributed by atoms with Gasteiger partial charge in [0.1, 0.15) is 0 Å². The molecule has 1 aromatic heterocycles. The first-order valence-electron chi connectivity index (χ1n) is 5.58. The molecule has 3 N–H and O–H groups in total. The molecule has 1 aliphatic heterocycles. The summed E-state index contributed by atoms with van der Waals surface area (Å²) >= 11 is 5.31. The van der Waals surface area contributed by atoms with E-state index in [0.717, 1.165) is 42.9 Å². The van der Waals surface area contributed by atoms with Gasteiger partial charge in [-0.1, -0.05) is 0 Å². The maximum atomic E-state index is 5.65. The predicted molar refractivity (Wildman–Crippen MR) is 70.2 cm³/mol. The number of hydrogen-bond donors (Lipinski definition) is 2. The number of halogens is 1. The minimum atomic E-state index is 0.262. The number of rotatable bonds is 4. The van der Waals surface area contributed by atoms with Crippen LogP contribution in [-0.2, 0) is 4.74 Å². The van der Waals surface area contributed by atoms with Gasteiger partial charge in [0.05, 0.1) is 6.04 Å². The van der Waals surface area contributed by atoms with Gasteiger partial charge in [0.25, 0.3) is 0 Å². The molecule has 3 nitrogen and oxygen atoms in total. The Morgan fingerprint density at radius 3 is 2.88 bits per heavy atom. The van der Waals surface area contributed by atoms with Crippen molar-refractivity contribution in [2.75, 3.05) is 13.2 Å². The van der Waals surface area contributed by atoms with Crippen molar-refractivity contribution in [2.45, 2.75) is 25.3 Å². The number of hydrazine groups is 1. The van der Waals surface area contributed by atoms with E-state index in [4.69, 9.17) is 10.6 Å². The first-order valence-corrected chi connectivity index (χ1v) is 7.25. The second-order valence-electron chi connectivity index (χ2n) is 4.14. The van der Waals surface area contributed by atoms with Gasteiger partial charge in [-0.3, -0.25) is 11.3 Å². The van der Waals surface area contributed by atoms with Gasteiger partial charge in [-0.05, 0) is 52.6 Å². The molecular formula is C11H17BrN2OS. The maximum Gasteiger partial charge on any atom is 0.0567 e. The van der Waals surface area contributed by atoms with Crippen LogP contribution < -0.4 is 11.3 Å². The molecule has 90 valence electrons. The van der Waals surface area contributed by atoms with E-state index in [1.54, 1.807) is 11.3 Å². The van der Waals surface area contributed by atoms with Crippen LogP contribution in [-0.4, -0.2) is 13.2 Å². The Balaban J connectivity index is 1.97. The largest absolute Gasteiger partial charge is 0.381 e. The molecule has 1 aromatic rings. The van der Waals surface area contributed by atoms with Crippen LogP contribution in [0.4, 0.5) is 0 Å². The highest BCUT2D eigenvalue weighted by Crippen LogP contribution is 2.34. The van der Waals surface area contributed by atoms with E-state index in [2.05, 4.69) is 32.8 Å². The van der Waals surface area contributed by atoms with Crippen molar-refractivity contribution < 1.29 is 4.74 Å². The molecule has 2 rings (SSSR count). The summed E-state index contributed by atoms with van der Waals surface area (Å²) in [6.45, 7) is 1.79. The van der Waals surface area contributed by atoms with Crippen LogP contribution in [0.1, 0.15) is 30.2 Å². The highest BCUT2D eigenvalue weighted by atomic mass is 79.9. The summed E-state index contributed by atoms with van der Waals surface area (Å²) in [7, 11) is 0. The molecule has 0 aromatic carbocycles. The SMILES string of the molecule is NNC(CC1CCOCC1)c1sccc1Br. The van der Waals surface area contributed by atoms with Crippen LogP contribution in [0, 0.1) is 5.92 Å². The monoisotopic (exact) mass is 304 g/mol. The molecule has 2 heterocycles. The fourth-order valence-corrected chi connectivity index (χ4v) is 3.84. The zero-order valence-corrected chi connectivity index (χ0v) is 11.5. The standard InChI is InChI=1S/C11H17BrN2OS/c12-9-3-6-16-11(9)10(14-13)7-8-1-4-15-5-2-8/h3,6,8,10,14H,1-2,4-5,7,13H2. The summed E-state index contributed by atoms with van der Waals surface area (Å²) in [6.07, 6.45) is 3.40. The topological polar surface area (TPSA) is 47.3 Å². The fraction of sp³-hybridized carbons (Fsp3) is 0.636. The van der Waals surface area contributed by atoms with Crippen molar-refractivity contribution in [3.05, 3.63) is 20.8 Å². The first-order chi connectivity index (χ1) is 7.81. The predicted octanol–water partition coefficient (Wildman–Crippen LogP) is 2.83. The molecule has 0 aliphatic carbocycles. The van der Waals surface area contributed by atoms with Gasteiger partial charge in [0.2, 0.25) is 0 Å². The number of ether oxygens (including phenoxy) is 1. The molecule has 0 radical (unpaired) electrons. The van der Waals surface area contributed by atoms with Gasteiger partial charge < -0.3 is 4.74 Å². The van der Waals surface area contributed by atoms with Crippen LogP contribution in [0.15, 0.2) is 15.9 Å². The molecule has 0 saturated carbocycles. The molecule has 0 spiro atoms. The number of hydrogen-bond acceptors (Lipinski definition) is 4. The van der Waals surface area contributed by atoms with Crippen LogP contribution in [0.2, 0.25) is 0 Å². The smallest absolute Gasteiger partial charge is 0.0567 e. The third kappa shape index (κ3) is 3.05. The Labute approximate surface area is 108 Å².